The molecule has 3 aromatic rings. The van der Waals surface area contributed by atoms with E-state index >= 15 is 0 Å². The number of hydrogen-bond donors (Lipinski definition) is 1. The molecule has 0 bridgehead atoms. The summed E-state index contributed by atoms with van der Waals surface area (Å²) in [5, 5.41) is 11.2. The highest BCUT2D eigenvalue weighted by Crippen LogP contribution is 2.30. The van der Waals surface area contributed by atoms with Crippen LogP contribution in [0.15, 0.2) is 53.3 Å². The number of carbonyl (C=O) groups is 1. The van der Waals surface area contributed by atoms with Gasteiger partial charge >= 0.3 is 0 Å². The van der Waals surface area contributed by atoms with E-state index in [-0.39, 0.29) is 11.3 Å². The summed E-state index contributed by atoms with van der Waals surface area (Å²) in [5.41, 5.74) is 1.31. The van der Waals surface area contributed by atoms with Crippen LogP contribution in [0.1, 0.15) is 15.9 Å². The van der Waals surface area contributed by atoms with Gasteiger partial charge in [0, 0.05) is 25.2 Å². The molecule has 0 fully saturated rings. The highest BCUT2D eigenvalue weighted by Gasteiger charge is 2.25. The van der Waals surface area contributed by atoms with Crippen molar-refractivity contribution in [1.82, 2.24) is 4.57 Å². The van der Waals surface area contributed by atoms with Crippen LogP contribution in [0.3, 0.4) is 0 Å². The summed E-state index contributed by atoms with van der Waals surface area (Å²) in [5.74, 6) is -0.802. The molecule has 0 aliphatic heterocycles. The number of fused-ring (bicyclic) bond motifs is 1. The van der Waals surface area contributed by atoms with E-state index < -0.39 is 11.5 Å². The number of aryl methyl sites for hydroxylation is 2. The molecule has 0 saturated carbocycles. The molecule has 1 aromatic heterocycles. The fourth-order valence-corrected chi connectivity index (χ4v) is 2.87. The van der Waals surface area contributed by atoms with Crippen molar-refractivity contribution >= 4 is 22.5 Å². The van der Waals surface area contributed by atoms with Crippen LogP contribution in [0, 0.1) is 6.92 Å². The van der Waals surface area contributed by atoms with E-state index in [0.29, 0.717) is 16.6 Å². The number of anilines is 1. The van der Waals surface area contributed by atoms with Crippen LogP contribution in [0.2, 0.25) is 0 Å². The van der Waals surface area contributed by atoms with Gasteiger partial charge < -0.3 is 14.6 Å². The Kier molecular flexibility index (Phi) is 3.85. The summed E-state index contributed by atoms with van der Waals surface area (Å²) >= 11 is 0. The first-order chi connectivity index (χ1) is 11.4. The highest BCUT2D eigenvalue weighted by molar-refractivity contribution is 6.10. The van der Waals surface area contributed by atoms with Crippen molar-refractivity contribution in [3.8, 4) is 5.75 Å². The van der Waals surface area contributed by atoms with Crippen molar-refractivity contribution in [2.45, 2.75) is 6.92 Å². The van der Waals surface area contributed by atoms with E-state index in [1.165, 1.54) is 9.47 Å². The predicted octanol–water partition coefficient (Wildman–Crippen LogP) is 2.83. The molecule has 0 radical (unpaired) electrons. The minimum Gasteiger partial charge on any atom is -0.506 e. The summed E-state index contributed by atoms with van der Waals surface area (Å²) < 4.78 is 1.40. The van der Waals surface area contributed by atoms with Crippen LogP contribution in [0.25, 0.3) is 10.9 Å². The summed E-state index contributed by atoms with van der Waals surface area (Å²) in [6, 6.07) is 14.4. The van der Waals surface area contributed by atoms with Gasteiger partial charge in [-0.25, -0.2) is 0 Å². The summed E-state index contributed by atoms with van der Waals surface area (Å²) in [4.78, 5) is 26.9. The van der Waals surface area contributed by atoms with Crippen LogP contribution in [0.4, 0.5) is 5.69 Å². The third-order valence-corrected chi connectivity index (χ3v) is 4.27. The largest absolute Gasteiger partial charge is 0.506 e. The monoisotopic (exact) mass is 322 g/mol. The van der Waals surface area contributed by atoms with Crippen molar-refractivity contribution in [3.63, 3.8) is 0 Å². The molecule has 5 nitrogen and oxygen atoms in total. The second-order valence-corrected chi connectivity index (χ2v) is 5.76. The molecular formula is C19H18N2O3. The Morgan fingerprint density at radius 2 is 1.75 bits per heavy atom. The third-order valence-electron chi connectivity index (χ3n) is 4.27. The maximum Gasteiger partial charge on any atom is 0.267 e. The van der Waals surface area contributed by atoms with Gasteiger partial charge in [-0.3, -0.25) is 9.59 Å². The Labute approximate surface area is 139 Å². The molecule has 1 amide bonds. The Morgan fingerprint density at radius 3 is 2.42 bits per heavy atom. The van der Waals surface area contributed by atoms with Crippen molar-refractivity contribution in [2.75, 3.05) is 11.9 Å². The third kappa shape index (κ3) is 2.34. The van der Waals surface area contributed by atoms with E-state index in [4.69, 9.17) is 0 Å². The topological polar surface area (TPSA) is 62.5 Å². The average Bonchev–Trinajstić information content (AvgIpc) is 2.59. The first-order valence-electron chi connectivity index (χ1n) is 7.58. The molecule has 0 aliphatic carbocycles. The number of hydrogen-bond acceptors (Lipinski definition) is 3. The lowest BCUT2D eigenvalue weighted by Gasteiger charge is -2.19. The second kappa shape index (κ2) is 5.85. The molecule has 5 heteroatoms. The number of para-hydroxylation sites is 1. The van der Waals surface area contributed by atoms with Gasteiger partial charge in [-0.2, -0.15) is 0 Å². The maximum absolute atomic E-state index is 12.8. The Bertz CT molecular complexity index is 991. The summed E-state index contributed by atoms with van der Waals surface area (Å²) in [6.45, 7) is 1.84. The number of amides is 1. The number of nitrogens with zero attached hydrogens (tertiary/aromatic N) is 2. The molecule has 0 unspecified atom stereocenters. The maximum atomic E-state index is 12.8. The smallest absolute Gasteiger partial charge is 0.267 e. The zero-order valence-electron chi connectivity index (χ0n) is 13.8. The molecule has 24 heavy (non-hydrogen) atoms. The van der Waals surface area contributed by atoms with Gasteiger partial charge in [0.25, 0.3) is 11.5 Å². The zero-order valence-corrected chi connectivity index (χ0v) is 13.8. The van der Waals surface area contributed by atoms with Crippen LogP contribution >= 0.6 is 0 Å². The number of aromatic hydroxyl groups is 1. The standard InChI is InChI=1S/C19H18N2O3/c1-12-8-7-11-14-15(12)17(22)16(19(24)21(14)3)18(23)20(2)13-9-5-4-6-10-13/h4-11,22H,1-3H3. The zero-order chi connectivity index (χ0) is 17.4. The Balaban J connectivity index is 2.25. The van der Waals surface area contributed by atoms with Crippen molar-refractivity contribution in [2.24, 2.45) is 7.05 Å². The molecule has 0 atom stereocenters. The summed E-state index contributed by atoms with van der Waals surface area (Å²) in [7, 11) is 3.18. The number of aromatic nitrogens is 1. The van der Waals surface area contributed by atoms with Crippen molar-refractivity contribution < 1.29 is 9.90 Å². The van der Waals surface area contributed by atoms with Gasteiger partial charge in [-0.15, -0.1) is 0 Å². The second-order valence-electron chi connectivity index (χ2n) is 5.76. The van der Waals surface area contributed by atoms with E-state index in [1.807, 2.05) is 37.3 Å². The molecule has 1 N–H and O–H groups in total. The molecule has 3 rings (SSSR count). The van der Waals surface area contributed by atoms with Crippen molar-refractivity contribution in [3.05, 3.63) is 70.0 Å². The molecule has 0 aliphatic rings. The minimum absolute atomic E-state index is 0.217. The molecular weight excluding hydrogens is 304 g/mol. The quantitative estimate of drug-likeness (QED) is 0.789. The van der Waals surface area contributed by atoms with Crippen LogP contribution in [0.5, 0.6) is 5.75 Å². The Hall–Kier alpha value is -3.08. The number of pyridine rings is 1. The molecule has 1 heterocycles. The SMILES string of the molecule is Cc1cccc2c1c(O)c(C(=O)N(C)c1ccccc1)c(=O)n2C. The van der Waals surface area contributed by atoms with Crippen LogP contribution in [-0.4, -0.2) is 22.6 Å². The molecule has 2 aromatic carbocycles. The van der Waals surface area contributed by atoms with E-state index in [9.17, 15) is 14.7 Å². The lowest BCUT2D eigenvalue weighted by Crippen LogP contribution is -2.34. The van der Waals surface area contributed by atoms with E-state index in [2.05, 4.69) is 0 Å². The fourth-order valence-electron chi connectivity index (χ4n) is 2.87. The summed E-state index contributed by atoms with van der Waals surface area (Å²) in [6.07, 6.45) is 0. The van der Waals surface area contributed by atoms with Gasteiger partial charge in [0.05, 0.1) is 5.52 Å². The number of rotatable bonds is 2. The van der Waals surface area contributed by atoms with Gasteiger partial charge in [0.1, 0.15) is 11.3 Å². The lowest BCUT2D eigenvalue weighted by atomic mass is 10.0. The fraction of sp³-hybridized carbons (Fsp3) is 0.158. The first-order valence-corrected chi connectivity index (χ1v) is 7.58. The van der Waals surface area contributed by atoms with Crippen LogP contribution in [-0.2, 0) is 7.05 Å². The lowest BCUT2D eigenvalue weighted by molar-refractivity contribution is 0.0988. The van der Waals surface area contributed by atoms with Gasteiger partial charge in [0.15, 0.2) is 0 Å². The normalized spacial score (nSPS) is 10.8. The number of carbonyl (C=O) groups excluding carboxylic acids is 1. The van der Waals surface area contributed by atoms with Gasteiger partial charge in [0.2, 0.25) is 0 Å². The first kappa shape index (κ1) is 15.8. The molecule has 0 saturated heterocycles. The van der Waals surface area contributed by atoms with E-state index in [1.54, 1.807) is 32.3 Å². The molecule has 122 valence electrons. The van der Waals surface area contributed by atoms with Crippen molar-refractivity contribution in [1.29, 1.82) is 0 Å². The van der Waals surface area contributed by atoms with Crippen LogP contribution < -0.4 is 10.5 Å². The Morgan fingerprint density at radius 1 is 1.08 bits per heavy atom. The number of benzene rings is 2. The average molecular weight is 322 g/mol. The van der Waals surface area contributed by atoms with E-state index in [0.717, 1.165) is 5.56 Å². The predicted molar refractivity (Wildman–Crippen MR) is 94.8 cm³/mol. The molecule has 0 spiro atoms. The van der Waals surface area contributed by atoms with Gasteiger partial charge in [-0.05, 0) is 30.7 Å². The highest BCUT2D eigenvalue weighted by atomic mass is 16.3. The van der Waals surface area contributed by atoms with Gasteiger partial charge in [-0.1, -0.05) is 30.3 Å². The minimum atomic E-state index is -0.538.